The first-order valence-corrected chi connectivity index (χ1v) is 8.21. The van der Waals surface area contributed by atoms with Gasteiger partial charge in [-0.15, -0.1) is 0 Å². The van der Waals surface area contributed by atoms with Gasteiger partial charge in [-0.2, -0.15) is 0 Å². The van der Waals surface area contributed by atoms with Crippen LogP contribution >= 0.6 is 0 Å². The predicted molar refractivity (Wildman–Crippen MR) is 83.4 cm³/mol. The average Bonchev–Trinajstić information content (AvgIpc) is 2.46. The molecule has 0 aromatic rings. The minimum Gasteiger partial charge on any atom is -0.481 e. The minimum absolute atomic E-state index is 0.0431. The number of urea groups is 1. The molecular weight excluding hydrogens is 268 g/mol. The Hall–Kier alpha value is -1.26. The van der Waals surface area contributed by atoms with Crippen molar-refractivity contribution in [2.45, 2.75) is 83.2 Å². The van der Waals surface area contributed by atoms with E-state index in [1.54, 1.807) is 11.9 Å². The number of carboxylic acid groups (broad SMARTS) is 1. The Labute approximate surface area is 128 Å². The molecular formula is C16H30N2O3. The van der Waals surface area contributed by atoms with Gasteiger partial charge in [-0.3, -0.25) is 4.79 Å². The molecule has 0 aliphatic heterocycles. The molecule has 1 aliphatic rings. The molecule has 0 aromatic carbocycles. The van der Waals surface area contributed by atoms with Gasteiger partial charge in [-0.05, 0) is 25.7 Å². The number of carbonyl (C=O) groups is 2. The van der Waals surface area contributed by atoms with Crippen molar-refractivity contribution in [1.29, 1.82) is 0 Å². The third-order valence-corrected chi connectivity index (χ3v) is 4.74. The number of amides is 2. The van der Waals surface area contributed by atoms with Crippen LogP contribution in [-0.4, -0.2) is 40.6 Å². The van der Waals surface area contributed by atoms with Crippen molar-refractivity contribution in [3.8, 4) is 0 Å². The zero-order valence-electron chi connectivity index (χ0n) is 13.7. The summed E-state index contributed by atoms with van der Waals surface area (Å²) in [5.74, 6) is -0.822. The van der Waals surface area contributed by atoms with E-state index in [-0.39, 0.29) is 18.5 Å². The zero-order valence-corrected chi connectivity index (χ0v) is 13.7. The number of carbonyl (C=O) groups excluding carboxylic acids is 1. The molecule has 0 heterocycles. The molecule has 122 valence electrons. The van der Waals surface area contributed by atoms with Crippen molar-refractivity contribution in [3.63, 3.8) is 0 Å². The second-order valence-corrected chi connectivity index (χ2v) is 6.26. The van der Waals surface area contributed by atoms with Crippen molar-refractivity contribution in [1.82, 2.24) is 10.2 Å². The van der Waals surface area contributed by atoms with Gasteiger partial charge in [-0.25, -0.2) is 4.79 Å². The summed E-state index contributed by atoms with van der Waals surface area (Å²) in [6, 6.07) is 0.0499. The Morgan fingerprint density at radius 1 is 1.24 bits per heavy atom. The lowest BCUT2D eigenvalue weighted by molar-refractivity contribution is -0.140. The summed E-state index contributed by atoms with van der Waals surface area (Å²) in [4.78, 5) is 25.4. The van der Waals surface area contributed by atoms with Crippen LogP contribution in [0.15, 0.2) is 0 Å². The number of carboxylic acids is 1. The summed E-state index contributed by atoms with van der Waals surface area (Å²) in [6.07, 6.45) is 7.63. The largest absolute Gasteiger partial charge is 0.481 e. The quantitative estimate of drug-likeness (QED) is 0.757. The summed E-state index contributed by atoms with van der Waals surface area (Å²) in [5.41, 5.74) is -0.515. The molecule has 1 atom stereocenters. The highest BCUT2D eigenvalue weighted by Crippen LogP contribution is 2.36. The van der Waals surface area contributed by atoms with Gasteiger partial charge < -0.3 is 15.3 Å². The Bertz CT molecular complexity index is 351. The van der Waals surface area contributed by atoms with Crippen LogP contribution in [0.25, 0.3) is 0 Å². The molecule has 0 saturated heterocycles. The summed E-state index contributed by atoms with van der Waals surface area (Å²) in [5, 5.41) is 12.3. The second kappa shape index (κ2) is 8.25. The maximum absolute atomic E-state index is 12.5. The van der Waals surface area contributed by atoms with Gasteiger partial charge >= 0.3 is 12.0 Å². The van der Waals surface area contributed by atoms with E-state index in [1.807, 2.05) is 0 Å². The van der Waals surface area contributed by atoms with Gasteiger partial charge in [0, 0.05) is 13.1 Å². The monoisotopic (exact) mass is 298 g/mol. The highest BCUT2D eigenvalue weighted by Gasteiger charge is 2.40. The molecule has 1 fully saturated rings. The summed E-state index contributed by atoms with van der Waals surface area (Å²) < 4.78 is 0. The molecule has 2 N–H and O–H groups in total. The first-order valence-electron chi connectivity index (χ1n) is 8.21. The molecule has 1 rings (SSSR count). The second-order valence-electron chi connectivity index (χ2n) is 6.26. The number of nitrogens with zero attached hydrogens (tertiary/aromatic N) is 1. The molecule has 5 heteroatoms. The predicted octanol–water partition coefficient (Wildman–Crippen LogP) is 3.38. The smallest absolute Gasteiger partial charge is 0.317 e. The third kappa shape index (κ3) is 4.90. The maximum Gasteiger partial charge on any atom is 0.317 e. The van der Waals surface area contributed by atoms with Crippen molar-refractivity contribution < 1.29 is 14.7 Å². The van der Waals surface area contributed by atoms with Crippen LogP contribution in [0.5, 0.6) is 0 Å². The van der Waals surface area contributed by atoms with E-state index in [0.29, 0.717) is 0 Å². The molecule has 0 bridgehead atoms. The van der Waals surface area contributed by atoms with Crippen LogP contribution in [0.2, 0.25) is 0 Å². The topological polar surface area (TPSA) is 69.6 Å². The van der Waals surface area contributed by atoms with Crippen molar-refractivity contribution in [2.24, 2.45) is 0 Å². The van der Waals surface area contributed by atoms with Crippen LogP contribution < -0.4 is 5.32 Å². The Kier molecular flexibility index (Phi) is 6.99. The van der Waals surface area contributed by atoms with Gasteiger partial charge in [-0.1, -0.05) is 39.5 Å². The number of nitrogens with one attached hydrogen (secondary N) is 1. The van der Waals surface area contributed by atoms with Gasteiger partial charge in [0.15, 0.2) is 0 Å². The van der Waals surface area contributed by atoms with Crippen LogP contribution in [0.4, 0.5) is 4.79 Å². The van der Waals surface area contributed by atoms with Gasteiger partial charge in [0.05, 0.1) is 12.0 Å². The number of aliphatic carboxylic acids is 1. The lowest BCUT2D eigenvalue weighted by atomic mass is 9.78. The lowest BCUT2D eigenvalue weighted by Gasteiger charge is -2.44. The molecule has 2 amide bonds. The minimum atomic E-state index is -0.822. The van der Waals surface area contributed by atoms with E-state index < -0.39 is 11.5 Å². The molecule has 1 saturated carbocycles. The molecule has 0 spiro atoms. The summed E-state index contributed by atoms with van der Waals surface area (Å²) in [7, 11) is 1.75. The Morgan fingerprint density at radius 2 is 1.86 bits per heavy atom. The van der Waals surface area contributed by atoms with E-state index >= 15 is 0 Å². The van der Waals surface area contributed by atoms with E-state index in [0.717, 1.165) is 51.4 Å². The molecule has 1 aliphatic carbocycles. The number of hydrogen-bond donors (Lipinski definition) is 2. The third-order valence-electron chi connectivity index (χ3n) is 4.74. The maximum atomic E-state index is 12.5. The van der Waals surface area contributed by atoms with Crippen molar-refractivity contribution in [2.75, 3.05) is 7.05 Å². The highest BCUT2D eigenvalue weighted by atomic mass is 16.4. The normalized spacial score (nSPS) is 18.8. The summed E-state index contributed by atoms with van der Waals surface area (Å²) in [6.45, 7) is 4.17. The van der Waals surface area contributed by atoms with Gasteiger partial charge in [0.2, 0.25) is 0 Å². The standard InChI is InChI=1S/C16H30N2O3/c1-4-9-13(5-2)17-15(21)18(3)16(12-14(19)20)10-7-6-8-11-16/h13H,4-12H2,1-3H3,(H,17,21)(H,19,20). The van der Waals surface area contributed by atoms with Crippen molar-refractivity contribution >= 4 is 12.0 Å². The first-order chi connectivity index (χ1) is 9.95. The SMILES string of the molecule is CCCC(CC)NC(=O)N(C)C1(CC(=O)O)CCCCC1. The molecule has 5 nitrogen and oxygen atoms in total. The van der Waals surface area contributed by atoms with E-state index in [1.165, 1.54) is 0 Å². The van der Waals surface area contributed by atoms with Crippen LogP contribution in [-0.2, 0) is 4.79 Å². The van der Waals surface area contributed by atoms with E-state index in [2.05, 4.69) is 19.2 Å². The van der Waals surface area contributed by atoms with Crippen molar-refractivity contribution in [3.05, 3.63) is 0 Å². The van der Waals surface area contributed by atoms with Gasteiger partial charge in [0.25, 0.3) is 0 Å². The fourth-order valence-corrected chi connectivity index (χ4v) is 3.34. The molecule has 0 radical (unpaired) electrons. The fraction of sp³-hybridized carbons (Fsp3) is 0.875. The molecule has 21 heavy (non-hydrogen) atoms. The van der Waals surface area contributed by atoms with Gasteiger partial charge in [0.1, 0.15) is 0 Å². The fourth-order valence-electron chi connectivity index (χ4n) is 3.34. The Morgan fingerprint density at radius 3 is 2.33 bits per heavy atom. The summed E-state index contributed by atoms with van der Waals surface area (Å²) >= 11 is 0. The average molecular weight is 298 g/mol. The molecule has 1 unspecified atom stereocenters. The van der Waals surface area contributed by atoms with E-state index in [9.17, 15) is 14.7 Å². The number of rotatable bonds is 7. The highest BCUT2D eigenvalue weighted by molar-refractivity contribution is 5.77. The lowest BCUT2D eigenvalue weighted by Crippen LogP contribution is -2.56. The van der Waals surface area contributed by atoms with E-state index in [4.69, 9.17) is 0 Å². The number of hydrogen-bond acceptors (Lipinski definition) is 2. The van der Waals surface area contributed by atoms with Crippen LogP contribution in [0.1, 0.15) is 71.6 Å². The zero-order chi connectivity index (χ0) is 15.9. The first kappa shape index (κ1) is 17.8. The molecule has 0 aromatic heterocycles. The van der Waals surface area contributed by atoms with Crippen LogP contribution in [0, 0.1) is 0 Å². The van der Waals surface area contributed by atoms with Crippen LogP contribution in [0.3, 0.4) is 0 Å². The Balaban J connectivity index is 2.76.